The molecule has 0 unspecified atom stereocenters. The van der Waals surface area contributed by atoms with E-state index in [4.69, 9.17) is 4.74 Å². The Morgan fingerprint density at radius 3 is 2.44 bits per heavy atom. The molecule has 0 spiro atoms. The van der Waals surface area contributed by atoms with Crippen LogP contribution in [-0.2, 0) is 14.4 Å². The zero-order valence-electron chi connectivity index (χ0n) is 8.50. The van der Waals surface area contributed by atoms with Crippen LogP contribution >= 0.6 is 0 Å². The molecule has 1 aliphatic heterocycles. The van der Waals surface area contributed by atoms with E-state index in [9.17, 15) is 18.0 Å². The lowest BCUT2D eigenvalue weighted by Crippen LogP contribution is -2.54. The van der Waals surface area contributed by atoms with Crippen molar-refractivity contribution >= 4 is 5.97 Å². The fourth-order valence-corrected chi connectivity index (χ4v) is 1.31. The van der Waals surface area contributed by atoms with E-state index >= 15 is 0 Å². The summed E-state index contributed by atoms with van der Waals surface area (Å²) in [7, 11) is 0. The minimum absolute atomic E-state index is 0.110. The number of carbonyl (C=O) groups excluding carboxylic acids is 1. The molecule has 0 bridgehead atoms. The fraction of sp³-hybridized carbons (Fsp3) is 0.889. The first kappa shape index (κ1) is 11.7. The van der Waals surface area contributed by atoms with Crippen molar-refractivity contribution in [3.8, 4) is 0 Å². The molecule has 2 fully saturated rings. The number of hydrogen-bond donors (Lipinski definition) is 0. The lowest BCUT2D eigenvalue weighted by atomic mass is 10.2. The van der Waals surface area contributed by atoms with E-state index < -0.39 is 12.1 Å². The molecule has 0 radical (unpaired) electrons. The normalized spacial score (nSPS) is 22.9. The van der Waals surface area contributed by atoms with Gasteiger partial charge in [0, 0.05) is 6.61 Å². The Hall–Kier alpha value is -0.820. The molecule has 1 saturated heterocycles. The molecule has 92 valence electrons. The van der Waals surface area contributed by atoms with Crippen LogP contribution in [0.1, 0.15) is 12.8 Å². The quantitative estimate of drug-likeness (QED) is 0.736. The van der Waals surface area contributed by atoms with Crippen molar-refractivity contribution in [2.24, 2.45) is 5.92 Å². The second kappa shape index (κ2) is 4.21. The number of ether oxygens (including phenoxy) is 1. The van der Waals surface area contributed by atoms with Gasteiger partial charge in [0.2, 0.25) is 0 Å². The summed E-state index contributed by atoms with van der Waals surface area (Å²) in [6.45, 7) is 1.09. The van der Waals surface area contributed by atoms with Gasteiger partial charge in [0.1, 0.15) is 0 Å². The lowest BCUT2D eigenvalue weighted by molar-refractivity contribution is -0.269. The summed E-state index contributed by atoms with van der Waals surface area (Å²) in [4.78, 5) is 14.5. The number of hydroxylamine groups is 2. The molecule has 1 heterocycles. The van der Waals surface area contributed by atoms with E-state index in [-0.39, 0.29) is 19.2 Å². The van der Waals surface area contributed by atoms with E-state index in [0.717, 1.165) is 5.06 Å². The second-order valence-corrected chi connectivity index (χ2v) is 4.12. The summed E-state index contributed by atoms with van der Waals surface area (Å²) < 4.78 is 40.8. The largest absolute Gasteiger partial charge is 0.492 e. The molecule has 7 heteroatoms. The number of halogens is 3. The maximum Gasteiger partial charge on any atom is 0.492 e. The van der Waals surface area contributed by atoms with Crippen LogP contribution in [0.15, 0.2) is 0 Å². The molecule has 0 aromatic heterocycles. The molecular formula is C9H12F3NO3. The van der Waals surface area contributed by atoms with Gasteiger partial charge in [0.05, 0.1) is 19.2 Å². The van der Waals surface area contributed by atoms with Crippen LogP contribution < -0.4 is 0 Å². The van der Waals surface area contributed by atoms with E-state index in [1.165, 1.54) is 12.8 Å². The van der Waals surface area contributed by atoms with Crippen LogP contribution in [0.4, 0.5) is 13.2 Å². The van der Waals surface area contributed by atoms with E-state index in [0.29, 0.717) is 12.5 Å². The van der Waals surface area contributed by atoms with Gasteiger partial charge in [-0.05, 0) is 18.8 Å². The van der Waals surface area contributed by atoms with Gasteiger partial charge in [0.15, 0.2) is 0 Å². The van der Waals surface area contributed by atoms with Crippen molar-refractivity contribution in [2.75, 3.05) is 19.7 Å². The number of rotatable bonds is 4. The van der Waals surface area contributed by atoms with Crippen LogP contribution in [0.2, 0.25) is 0 Å². The highest BCUT2D eigenvalue weighted by Crippen LogP contribution is 2.30. The number of hydrogen-bond acceptors (Lipinski definition) is 4. The second-order valence-electron chi connectivity index (χ2n) is 4.12. The van der Waals surface area contributed by atoms with Crippen LogP contribution in [0.25, 0.3) is 0 Å². The van der Waals surface area contributed by atoms with Crippen LogP contribution in [0, 0.1) is 5.92 Å². The van der Waals surface area contributed by atoms with Crippen molar-refractivity contribution in [1.82, 2.24) is 5.06 Å². The van der Waals surface area contributed by atoms with E-state index in [1.54, 1.807) is 0 Å². The van der Waals surface area contributed by atoms with Crippen molar-refractivity contribution in [3.63, 3.8) is 0 Å². The summed E-state index contributed by atoms with van der Waals surface area (Å²) in [5.74, 6) is -1.56. The molecule has 1 aliphatic carbocycles. The van der Waals surface area contributed by atoms with Gasteiger partial charge in [-0.3, -0.25) is 0 Å². The molecule has 2 aliphatic rings. The van der Waals surface area contributed by atoms with E-state index in [1.807, 2.05) is 0 Å². The summed E-state index contributed by atoms with van der Waals surface area (Å²) in [6.07, 6.45) is -2.71. The van der Waals surface area contributed by atoms with Crippen LogP contribution in [0.5, 0.6) is 0 Å². The Balaban J connectivity index is 1.59. The van der Waals surface area contributed by atoms with Gasteiger partial charge in [-0.25, -0.2) is 4.79 Å². The molecule has 0 aromatic rings. The summed E-state index contributed by atoms with van der Waals surface area (Å²) in [6, 6.07) is 0. The van der Waals surface area contributed by atoms with E-state index in [2.05, 4.69) is 4.84 Å². The SMILES string of the molecule is O=C(ON1CC(OCC2CC2)C1)C(F)(F)F. The Morgan fingerprint density at radius 2 is 1.94 bits per heavy atom. The predicted molar refractivity (Wildman–Crippen MR) is 46.2 cm³/mol. The van der Waals surface area contributed by atoms with Gasteiger partial charge in [-0.15, -0.1) is 5.06 Å². The number of alkyl halides is 3. The summed E-state index contributed by atoms with van der Waals surface area (Å²) in [5, 5.41) is 0.966. The first-order chi connectivity index (χ1) is 7.45. The van der Waals surface area contributed by atoms with Gasteiger partial charge >= 0.3 is 12.1 Å². The lowest BCUT2D eigenvalue weighted by Gasteiger charge is -2.36. The minimum atomic E-state index is -4.93. The molecule has 0 N–H and O–H groups in total. The molecule has 4 nitrogen and oxygen atoms in total. The number of nitrogens with zero attached hydrogens (tertiary/aromatic N) is 1. The first-order valence-electron chi connectivity index (χ1n) is 5.11. The highest BCUT2D eigenvalue weighted by molar-refractivity contribution is 5.75. The zero-order chi connectivity index (χ0) is 11.8. The molecule has 0 amide bonds. The average molecular weight is 239 g/mol. The molecule has 16 heavy (non-hydrogen) atoms. The Labute approximate surface area is 90.2 Å². The van der Waals surface area contributed by atoms with Gasteiger partial charge in [0.25, 0.3) is 0 Å². The molecular weight excluding hydrogens is 227 g/mol. The highest BCUT2D eigenvalue weighted by atomic mass is 19.4. The van der Waals surface area contributed by atoms with Crippen molar-refractivity contribution < 1.29 is 27.5 Å². The third-order valence-electron chi connectivity index (χ3n) is 2.52. The monoisotopic (exact) mass is 239 g/mol. The Morgan fingerprint density at radius 1 is 1.31 bits per heavy atom. The predicted octanol–water partition coefficient (Wildman–Crippen LogP) is 1.12. The van der Waals surface area contributed by atoms with Crippen LogP contribution in [0.3, 0.4) is 0 Å². The third kappa shape index (κ3) is 3.08. The highest BCUT2D eigenvalue weighted by Gasteiger charge is 2.44. The maximum atomic E-state index is 11.8. The van der Waals surface area contributed by atoms with Gasteiger partial charge in [-0.1, -0.05) is 0 Å². The third-order valence-corrected chi connectivity index (χ3v) is 2.52. The van der Waals surface area contributed by atoms with Crippen LogP contribution in [-0.4, -0.2) is 43.0 Å². The molecule has 2 rings (SSSR count). The smallest absolute Gasteiger partial charge is 0.375 e. The van der Waals surface area contributed by atoms with Crippen molar-refractivity contribution in [1.29, 1.82) is 0 Å². The topological polar surface area (TPSA) is 38.8 Å². The molecule has 0 atom stereocenters. The fourth-order valence-electron chi connectivity index (χ4n) is 1.31. The summed E-state index contributed by atoms with van der Waals surface area (Å²) >= 11 is 0. The van der Waals surface area contributed by atoms with Crippen molar-refractivity contribution in [2.45, 2.75) is 25.1 Å². The first-order valence-corrected chi connectivity index (χ1v) is 5.11. The summed E-state index contributed by atoms with van der Waals surface area (Å²) in [5.41, 5.74) is 0. The zero-order valence-corrected chi connectivity index (χ0v) is 8.50. The molecule has 1 saturated carbocycles. The maximum absolute atomic E-state index is 11.8. The van der Waals surface area contributed by atoms with Crippen molar-refractivity contribution in [3.05, 3.63) is 0 Å². The molecule has 0 aromatic carbocycles. The number of carbonyl (C=O) groups is 1. The van der Waals surface area contributed by atoms with Gasteiger partial charge < -0.3 is 9.57 Å². The standard InChI is InChI=1S/C9H12F3NO3/c10-9(11,12)8(14)16-13-3-7(4-13)15-5-6-1-2-6/h6-7H,1-5H2. The average Bonchev–Trinajstić information content (AvgIpc) is 2.89. The van der Waals surface area contributed by atoms with Gasteiger partial charge in [-0.2, -0.15) is 13.2 Å². The Bertz CT molecular complexity index is 272. The Kier molecular flexibility index (Phi) is 3.07. The minimum Gasteiger partial charge on any atom is -0.375 e.